The summed E-state index contributed by atoms with van der Waals surface area (Å²) in [5.74, 6) is 0.472. The van der Waals surface area contributed by atoms with E-state index < -0.39 is 18.0 Å². The largest absolute Gasteiger partial charge is 0.291 e. The van der Waals surface area contributed by atoms with Gasteiger partial charge >= 0.3 is 0 Å². The van der Waals surface area contributed by atoms with E-state index in [2.05, 4.69) is 15.0 Å². The Morgan fingerprint density at radius 1 is 1.16 bits per heavy atom. The zero-order valence-corrected chi connectivity index (χ0v) is 13.8. The molecule has 3 rings (SSSR count). The van der Waals surface area contributed by atoms with Gasteiger partial charge in [-0.15, -0.1) is 0 Å². The van der Waals surface area contributed by atoms with Gasteiger partial charge in [0.15, 0.2) is 0 Å². The number of carbonyl (C=O) groups excluding carboxylic acids is 1. The number of rotatable bonds is 5. The number of aromatic nitrogens is 3. The van der Waals surface area contributed by atoms with Crippen molar-refractivity contribution in [2.24, 2.45) is 5.92 Å². The first kappa shape index (κ1) is 17.4. The summed E-state index contributed by atoms with van der Waals surface area (Å²) >= 11 is 0. The fraction of sp³-hybridized carbons (Fsp3) is 0.444. The molecule has 0 saturated heterocycles. The van der Waals surface area contributed by atoms with Gasteiger partial charge in [-0.3, -0.25) is 9.69 Å². The number of hydrogen-bond acceptors (Lipinski definition) is 4. The lowest BCUT2D eigenvalue weighted by Crippen LogP contribution is -2.37. The van der Waals surface area contributed by atoms with Crippen molar-refractivity contribution in [1.29, 1.82) is 0 Å². The van der Waals surface area contributed by atoms with Crippen molar-refractivity contribution < 1.29 is 13.6 Å². The van der Waals surface area contributed by atoms with E-state index in [0.29, 0.717) is 18.3 Å². The zero-order valence-electron chi connectivity index (χ0n) is 13.8. The second-order valence-electron chi connectivity index (χ2n) is 6.24. The molecule has 0 unspecified atom stereocenters. The van der Waals surface area contributed by atoms with Crippen molar-refractivity contribution in [3.63, 3.8) is 0 Å². The summed E-state index contributed by atoms with van der Waals surface area (Å²) in [6.07, 6.45) is 5.52. The molecule has 25 heavy (non-hydrogen) atoms. The summed E-state index contributed by atoms with van der Waals surface area (Å²) in [7, 11) is 0. The van der Waals surface area contributed by atoms with Crippen LogP contribution in [0.25, 0.3) is 0 Å². The summed E-state index contributed by atoms with van der Waals surface area (Å²) in [5, 5.41) is 0. The maximum absolute atomic E-state index is 12.9. The lowest BCUT2D eigenvalue weighted by atomic mass is 9.89. The van der Waals surface area contributed by atoms with Gasteiger partial charge in [0.05, 0.1) is 0 Å². The van der Waals surface area contributed by atoms with Crippen LogP contribution in [0.1, 0.15) is 54.7 Å². The monoisotopic (exact) mass is 346 g/mol. The molecule has 1 amide bonds. The van der Waals surface area contributed by atoms with Crippen LogP contribution in [0.2, 0.25) is 0 Å². The molecule has 0 spiro atoms. The topological polar surface area (TPSA) is 59.0 Å². The molecule has 2 heterocycles. The molecule has 7 heteroatoms. The maximum Gasteiger partial charge on any atom is 0.280 e. The molecule has 0 aromatic carbocycles. The predicted molar refractivity (Wildman–Crippen MR) is 89.5 cm³/mol. The van der Waals surface area contributed by atoms with Crippen molar-refractivity contribution in [2.45, 2.75) is 38.5 Å². The van der Waals surface area contributed by atoms with Crippen LogP contribution in [-0.4, -0.2) is 27.4 Å². The number of hydrogen-bond donors (Lipinski definition) is 0. The molecule has 5 nitrogen and oxygen atoms in total. The van der Waals surface area contributed by atoms with Crippen molar-refractivity contribution >= 4 is 11.7 Å². The van der Waals surface area contributed by atoms with Crippen LogP contribution >= 0.6 is 0 Å². The van der Waals surface area contributed by atoms with Crippen molar-refractivity contribution in [3.8, 4) is 0 Å². The van der Waals surface area contributed by atoms with Crippen molar-refractivity contribution in [2.75, 3.05) is 11.4 Å². The average molecular weight is 346 g/mol. The summed E-state index contributed by atoms with van der Waals surface area (Å²) < 4.78 is 25.8. The highest BCUT2D eigenvalue weighted by atomic mass is 19.3. The van der Waals surface area contributed by atoms with Gasteiger partial charge in [-0.1, -0.05) is 25.3 Å². The van der Waals surface area contributed by atoms with E-state index in [0.717, 1.165) is 38.1 Å². The minimum absolute atomic E-state index is 0.0354. The highest BCUT2D eigenvalue weighted by Gasteiger charge is 2.25. The van der Waals surface area contributed by atoms with E-state index in [1.165, 1.54) is 6.42 Å². The Labute approximate surface area is 145 Å². The summed E-state index contributed by atoms with van der Waals surface area (Å²) in [6, 6.07) is 6.38. The highest BCUT2D eigenvalue weighted by Crippen LogP contribution is 2.27. The summed E-state index contributed by atoms with van der Waals surface area (Å²) in [6.45, 7) is 0.518. The van der Waals surface area contributed by atoms with Gasteiger partial charge in [-0.05, 0) is 37.0 Å². The number of amides is 1. The van der Waals surface area contributed by atoms with Gasteiger partial charge in [0.1, 0.15) is 23.5 Å². The van der Waals surface area contributed by atoms with Gasteiger partial charge in [0, 0.05) is 12.7 Å². The fourth-order valence-electron chi connectivity index (χ4n) is 3.17. The number of anilines is 1. The molecule has 1 saturated carbocycles. The Morgan fingerprint density at radius 2 is 1.96 bits per heavy atom. The van der Waals surface area contributed by atoms with Crippen LogP contribution in [0.15, 0.2) is 36.8 Å². The molecule has 2 aromatic rings. The molecular formula is C18H20F2N4O. The second kappa shape index (κ2) is 8.09. The van der Waals surface area contributed by atoms with E-state index >= 15 is 0 Å². The van der Waals surface area contributed by atoms with Crippen LogP contribution in [0, 0.1) is 5.92 Å². The van der Waals surface area contributed by atoms with Crippen LogP contribution < -0.4 is 4.90 Å². The molecule has 1 aliphatic carbocycles. The third kappa shape index (κ3) is 4.35. The van der Waals surface area contributed by atoms with E-state index in [9.17, 15) is 13.6 Å². The summed E-state index contributed by atoms with van der Waals surface area (Å²) in [4.78, 5) is 26.2. The predicted octanol–water partition coefficient (Wildman–Crippen LogP) is 4.04. The summed E-state index contributed by atoms with van der Waals surface area (Å²) in [5.41, 5.74) is -0.483. The fourth-order valence-corrected chi connectivity index (χ4v) is 3.17. The lowest BCUT2D eigenvalue weighted by molar-refractivity contribution is 0.0973. The Kier molecular flexibility index (Phi) is 5.63. The molecule has 0 N–H and O–H groups in total. The van der Waals surface area contributed by atoms with Crippen LogP contribution in [0.5, 0.6) is 0 Å². The molecule has 1 aliphatic rings. The number of halogens is 2. The lowest BCUT2D eigenvalue weighted by Gasteiger charge is -2.29. The average Bonchev–Trinajstić information content (AvgIpc) is 2.67. The molecule has 2 aromatic heterocycles. The molecule has 0 atom stereocenters. The third-order valence-corrected chi connectivity index (χ3v) is 4.47. The number of carbonyl (C=O) groups is 1. The molecule has 0 bridgehead atoms. The van der Waals surface area contributed by atoms with Gasteiger partial charge in [-0.25, -0.2) is 23.7 Å². The highest BCUT2D eigenvalue weighted by molar-refractivity contribution is 6.04. The first-order valence-corrected chi connectivity index (χ1v) is 8.48. The van der Waals surface area contributed by atoms with Crippen molar-refractivity contribution in [3.05, 3.63) is 48.2 Å². The molecule has 0 radical (unpaired) electrons. The quantitative estimate of drug-likeness (QED) is 0.820. The van der Waals surface area contributed by atoms with E-state index in [-0.39, 0.29) is 5.69 Å². The van der Waals surface area contributed by atoms with E-state index in [1.807, 2.05) is 0 Å². The minimum atomic E-state index is -2.74. The standard InChI is InChI=1S/C18H20F2N4O/c19-17(20)14-10-15(23-12-22-14)18(25)24(16-8-4-5-9-21-16)11-13-6-2-1-3-7-13/h4-5,8-10,12-13,17H,1-3,6-7,11H2. The van der Waals surface area contributed by atoms with Crippen molar-refractivity contribution in [1.82, 2.24) is 15.0 Å². The zero-order chi connectivity index (χ0) is 17.6. The van der Waals surface area contributed by atoms with E-state index in [1.54, 1.807) is 29.3 Å². The molecule has 1 fully saturated rings. The third-order valence-electron chi connectivity index (χ3n) is 4.47. The Hall–Kier alpha value is -2.44. The second-order valence-corrected chi connectivity index (χ2v) is 6.24. The normalized spacial score (nSPS) is 15.3. The Morgan fingerprint density at radius 3 is 2.64 bits per heavy atom. The number of pyridine rings is 1. The molecular weight excluding hydrogens is 326 g/mol. The minimum Gasteiger partial charge on any atom is -0.291 e. The maximum atomic E-state index is 12.9. The first-order chi connectivity index (χ1) is 12.1. The number of nitrogens with zero attached hydrogens (tertiary/aromatic N) is 4. The van der Waals surface area contributed by atoms with Gasteiger partial charge in [-0.2, -0.15) is 0 Å². The SMILES string of the molecule is O=C(c1cc(C(F)F)ncn1)N(CC1CCCCC1)c1ccccn1. The van der Waals surface area contributed by atoms with E-state index in [4.69, 9.17) is 0 Å². The molecule has 0 aliphatic heterocycles. The molecule has 132 valence electrons. The smallest absolute Gasteiger partial charge is 0.280 e. The van der Waals surface area contributed by atoms with Gasteiger partial charge in [0.25, 0.3) is 12.3 Å². The Balaban J connectivity index is 1.87. The first-order valence-electron chi connectivity index (χ1n) is 8.48. The van der Waals surface area contributed by atoms with Crippen LogP contribution in [0.4, 0.5) is 14.6 Å². The number of alkyl halides is 2. The van der Waals surface area contributed by atoms with Crippen LogP contribution in [-0.2, 0) is 0 Å². The van der Waals surface area contributed by atoms with Gasteiger partial charge in [0.2, 0.25) is 0 Å². The van der Waals surface area contributed by atoms with Crippen LogP contribution in [0.3, 0.4) is 0 Å². The van der Waals surface area contributed by atoms with Gasteiger partial charge < -0.3 is 0 Å². The Bertz CT molecular complexity index is 705.